The number of nitrogens with two attached hydrogens (primary N) is 1. The number of hydrogen-bond acceptors (Lipinski definition) is 2. The Morgan fingerprint density at radius 3 is 2.54 bits per heavy atom. The first kappa shape index (κ1) is 16.3. The Morgan fingerprint density at radius 2 is 1.79 bits per heavy atom. The smallest absolute Gasteiger partial charge is 0.317 e. The van der Waals surface area contributed by atoms with Crippen molar-refractivity contribution in [3.8, 4) is 0 Å². The molecule has 24 heavy (non-hydrogen) atoms. The number of piperidine rings is 1. The van der Waals surface area contributed by atoms with Gasteiger partial charge in [-0.05, 0) is 35.6 Å². The second-order valence-electron chi connectivity index (χ2n) is 6.28. The van der Waals surface area contributed by atoms with Crippen LogP contribution < -0.4 is 11.1 Å². The van der Waals surface area contributed by atoms with Gasteiger partial charge in [0.2, 0.25) is 5.91 Å². The zero-order chi connectivity index (χ0) is 16.9. The van der Waals surface area contributed by atoms with Crippen molar-refractivity contribution in [1.29, 1.82) is 0 Å². The van der Waals surface area contributed by atoms with E-state index in [9.17, 15) is 9.59 Å². The van der Waals surface area contributed by atoms with Gasteiger partial charge in [-0.2, -0.15) is 0 Å². The van der Waals surface area contributed by atoms with Gasteiger partial charge in [0.15, 0.2) is 0 Å². The molecule has 0 bridgehead atoms. The van der Waals surface area contributed by atoms with Crippen LogP contribution in [0.5, 0.6) is 0 Å². The van der Waals surface area contributed by atoms with Gasteiger partial charge in [-0.1, -0.05) is 42.5 Å². The van der Waals surface area contributed by atoms with E-state index < -0.39 is 0 Å². The van der Waals surface area contributed by atoms with Crippen molar-refractivity contribution in [3.05, 3.63) is 48.0 Å². The maximum absolute atomic E-state index is 12.2. The zero-order valence-electron chi connectivity index (χ0n) is 13.7. The second-order valence-corrected chi connectivity index (χ2v) is 6.28. The number of fused-ring (bicyclic) bond motifs is 1. The minimum Gasteiger partial charge on any atom is -0.369 e. The molecule has 1 heterocycles. The molecule has 0 atom stereocenters. The molecule has 5 nitrogen and oxygen atoms in total. The number of carbonyl (C=O) groups excluding carboxylic acids is 2. The highest BCUT2D eigenvalue weighted by atomic mass is 16.2. The molecule has 0 spiro atoms. The fraction of sp³-hybridized carbons (Fsp3) is 0.368. The van der Waals surface area contributed by atoms with E-state index in [1.165, 1.54) is 16.3 Å². The molecule has 0 aromatic heterocycles. The van der Waals surface area contributed by atoms with E-state index >= 15 is 0 Å². The predicted molar refractivity (Wildman–Crippen MR) is 94.5 cm³/mol. The lowest BCUT2D eigenvalue weighted by Gasteiger charge is -2.30. The summed E-state index contributed by atoms with van der Waals surface area (Å²) in [4.78, 5) is 25.2. The number of rotatable bonds is 4. The summed E-state index contributed by atoms with van der Waals surface area (Å²) in [6, 6.07) is 14.5. The first-order valence-corrected chi connectivity index (χ1v) is 8.44. The minimum atomic E-state index is -0.258. The summed E-state index contributed by atoms with van der Waals surface area (Å²) < 4.78 is 0. The minimum absolute atomic E-state index is 0.0573. The lowest BCUT2D eigenvalue weighted by molar-refractivity contribution is -0.123. The van der Waals surface area contributed by atoms with E-state index in [0.29, 0.717) is 32.5 Å². The average molecular weight is 325 g/mol. The fourth-order valence-corrected chi connectivity index (χ4v) is 3.29. The first-order chi connectivity index (χ1) is 11.6. The molecule has 0 radical (unpaired) electrons. The Balaban J connectivity index is 1.51. The highest BCUT2D eigenvalue weighted by Crippen LogP contribution is 2.19. The lowest BCUT2D eigenvalue weighted by atomic mass is 9.96. The van der Waals surface area contributed by atoms with E-state index in [1.54, 1.807) is 4.90 Å². The van der Waals surface area contributed by atoms with Crippen LogP contribution in [0.1, 0.15) is 18.4 Å². The molecule has 2 aromatic carbocycles. The first-order valence-electron chi connectivity index (χ1n) is 8.44. The van der Waals surface area contributed by atoms with Crippen LogP contribution in [-0.4, -0.2) is 36.5 Å². The van der Waals surface area contributed by atoms with Gasteiger partial charge < -0.3 is 16.0 Å². The Bertz CT molecular complexity index is 731. The molecule has 0 aliphatic carbocycles. The number of amides is 3. The van der Waals surface area contributed by atoms with Gasteiger partial charge in [0.25, 0.3) is 0 Å². The van der Waals surface area contributed by atoms with E-state index in [-0.39, 0.29) is 17.9 Å². The van der Waals surface area contributed by atoms with Gasteiger partial charge in [0, 0.05) is 25.6 Å². The van der Waals surface area contributed by atoms with E-state index in [0.717, 1.165) is 6.42 Å². The maximum atomic E-state index is 12.2. The summed E-state index contributed by atoms with van der Waals surface area (Å²) in [7, 11) is 0. The number of carbonyl (C=O) groups is 2. The number of urea groups is 1. The van der Waals surface area contributed by atoms with Gasteiger partial charge in [-0.15, -0.1) is 0 Å². The topological polar surface area (TPSA) is 75.4 Å². The SMILES string of the molecule is NC(=O)C1CCN(C(=O)NCCc2cccc3ccccc23)CC1. The highest BCUT2D eigenvalue weighted by Gasteiger charge is 2.25. The molecule has 0 saturated carbocycles. The third-order valence-electron chi connectivity index (χ3n) is 4.74. The molecule has 1 aliphatic heterocycles. The summed E-state index contributed by atoms with van der Waals surface area (Å²) in [5, 5.41) is 5.43. The Labute approximate surface area is 141 Å². The zero-order valence-corrected chi connectivity index (χ0v) is 13.7. The molecule has 1 fully saturated rings. The van der Waals surface area contributed by atoms with E-state index in [2.05, 4.69) is 29.6 Å². The van der Waals surface area contributed by atoms with E-state index in [1.807, 2.05) is 18.2 Å². The Hall–Kier alpha value is -2.56. The van der Waals surface area contributed by atoms with Crippen LogP contribution in [0.15, 0.2) is 42.5 Å². The van der Waals surface area contributed by atoms with Gasteiger partial charge in [0.05, 0.1) is 0 Å². The molecule has 3 rings (SSSR count). The third kappa shape index (κ3) is 3.67. The Morgan fingerprint density at radius 1 is 1.08 bits per heavy atom. The van der Waals surface area contributed by atoms with Gasteiger partial charge in [-0.25, -0.2) is 4.79 Å². The number of primary amides is 1. The second kappa shape index (κ2) is 7.34. The van der Waals surface area contributed by atoms with Gasteiger partial charge in [0.1, 0.15) is 0 Å². The largest absolute Gasteiger partial charge is 0.369 e. The van der Waals surface area contributed by atoms with Crippen LogP contribution in [0.3, 0.4) is 0 Å². The molecule has 5 heteroatoms. The lowest BCUT2D eigenvalue weighted by Crippen LogP contribution is -2.46. The van der Waals surface area contributed by atoms with Crippen LogP contribution in [0.2, 0.25) is 0 Å². The molecule has 126 valence electrons. The predicted octanol–water partition coefficient (Wildman–Crippen LogP) is 2.29. The summed E-state index contributed by atoms with van der Waals surface area (Å²) in [6.07, 6.45) is 2.11. The number of nitrogens with zero attached hydrogens (tertiary/aromatic N) is 1. The van der Waals surface area contributed by atoms with Crippen molar-refractivity contribution in [1.82, 2.24) is 10.2 Å². The number of likely N-dealkylation sites (tertiary alicyclic amines) is 1. The quantitative estimate of drug-likeness (QED) is 0.905. The fourth-order valence-electron chi connectivity index (χ4n) is 3.29. The summed E-state index contributed by atoms with van der Waals surface area (Å²) in [5.41, 5.74) is 6.56. The van der Waals surface area contributed by atoms with Crippen LogP contribution >= 0.6 is 0 Å². The van der Waals surface area contributed by atoms with Crippen LogP contribution in [-0.2, 0) is 11.2 Å². The normalized spacial score (nSPS) is 15.4. The monoisotopic (exact) mass is 325 g/mol. The molecule has 1 saturated heterocycles. The molecular weight excluding hydrogens is 302 g/mol. The molecule has 1 aliphatic rings. The van der Waals surface area contributed by atoms with Crippen molar-refractivity contribution in [3.63, 3.8) is 0 Å². The Kier molecular flexibility index (Phi) is 4.99. The summed E-state index contributed by atoms with van der Waals surface area (Å²) in [6.45, 7) is 1.78. The van der Waals surface area contributed by atoms with Gasteiger partial charge >= 0.3 is 6.03 Å². The van der Waals surface area contributed by atoms with E-state index in [4.69, 9.17) is 5.73 Å². The van der Waals surface area contributed by atoms with Crippen LogP contribution in [0.25, 0.3) is 10.8 Å². The van der Waals surface area contributed by atoms with Crippen molar-refractivity contribution < 1.29 is 9.59 Å². The summed E-state index contributed by atoms with van der Waals surface area (Å²) in [5.74, 6) is -0.351. The molecule has 3 N–H and O–H groups in total. The maximum Gasteiger partial charge on any atom is 0.317 e. The number of nitrogens with one attached hydrogen (secondary N) is 1. The van der Waals surface area contributed by atoms with Crippen LogP contribution in [0.4, 0.5) is 4.79 Å². The van der Waals surface area contributed by atoms with Crippen molar-refractivity contribution in [2.75, 3.05) is 19.6 Å². The average Bonchev–Trinajstić information content (AvgIpc) is 2.62. The molecule has 0 unspecified atom stereocenters. The number of hydrogen-bond donors (Lipinski definition) is 2. The van der Waals surface area contributed by atoms with Gasteiger partial charge in [-0.3, -0.25) is 4.79 Å². The molecule has 2 aromatic rings. The van der Waals surface area contributed by atoms with Crippen molar-refractivity contribution in [2.45, 2.75) is 19.3 Å². The standard InChI is InChI=1S/C19H23N3O2/c20-18(23)16-9-12-22(13-10-16)19(24)21-11-8-15-6-3-5-14-4-1-2-7-17(14)15/h1-7,16H,8-13H2,(H2,20,23)(H,21,24). The molecule has 3 amide bonds. The third-order valence-corrected chi connectivity index (χ3v) is 4.74. The number of benzene rings is 2. The van der Waals surface area contributed by atoms with Crippen molar-refractivity contribution >= 4 is 22.7 Å². The van der Waals surface area contributed by atoms with Crippen molar-refractivity contribution in [2.24, 2.45) is 11.7 Å². The van der Waals surface area contributed by atoms with Crippen LogP contribution in [0, 0.1) is 5.92 Å². The molecular formula is C19H23N3O2. The summed E-state index contributed by atoms with van der Waals surface area (Å²) >= 11 is 0. The highest BCUT2D eigenvalue weighted by molar-refractivity contribution is 5.85.